The second-order valence-corrected chi connectivity index (χ2v) is 4.11. The zero-order valence-electron chi connectivity index (χ0n) is 10.3. The van der Waals surface area contributed by atoms with Gasteiger partial charge in [-0.3, -0.25) is 4.79 Å². The summed E-state index contributed by atoms with van der Waals surface area (Å²) in [5.41, 5.74) is 0.888. The highest BCUT2D eigenvalue weighted by molar-refractivity contribution is 5.88. The molecule has 1 aromatic rings. The molecule has 0 saturated carbocycles. The van der Waals surface area contributed by atoms with Gasteiger partial charge >= 0.3 is 11.9 Å². The summed E-state index contributed by atoms with van der Waals surface area (Å²) in [5, 5.41) is 17.7. The van der Waals surface area contributed by atoms with Crippen molar-refractivity contribution in [1.29, 1.82) is 0 Å². The Morgan fingerprint density at radius 1 is 1.33 bits per heavy atom. The van der Waals surface area contributed by atoms with Gasteiger partial charge in [-0.1, -0.05) is 6.92 Å². The van der Waals surface area contributed by atoms with E-state index in [4.69, 9.17) is 14.9 Å². The van der Waals surface area contributed by atoms with Gasteiger partial charge < -0.3 is 14.9 Å². The maximum atomic E-state index is 10.9. The first-order valence-corrected chi connectivity index (χ1v) is 5.58. The number of hydrogen-bond donors (Lipinski definition) is 2. The van der Waals surface area contributed by atoms with Crippen LogP contribution >= 0.6 is 0 Å². The first kappa shape index (κ1) is 14.0. The van der Waals surface area contributed by atoms with E-state index in [0.29, 0.717) is 24.2 Å². The van der Waals surface area contributed by atoms with Crippen molar-refractivity contribution >= 4 is 11.9 Å². The predicted octanol–water partition coefficient (Wildman–Crippen LogP) is 2.05. The van der Waals surface area contributed by atoms with Crippen LogP contribution < -0.4 is 4.74 Å². The minimum atomic E-state index is -1.01. The Hall–Kier alpha value is -2.04. The molecule has 1 unspecified atom stereocenters. The topological polar surface area (TPSA) is 83.8 Å². The van der Waals surface area contributed by atoms with Gasteiger partial charge in [-0.25, -0.2) is 4.79 Å². The Labute approximate surface area is 105 Å². The minimum Gasteiger partial charge on any atom is -0.496 e. The third-order valence-corrected chi connectivity index (χ3v) is 2.80. The molecule has 0 fully saturated rings. The number of ether oxygens (including phenoxy) is 1. The monoisotopic (exact) mass is 252 g/mol. The second-order valence-electron chi connectivity index (χ2n) is 4.11. The van der Waals surface area contributed by atoms with E-state index in [1.54, 1.807) is 13.0 Å². The first-order chi connectivity index (χ1) is 8.45. The Bertz CT molecular complexity index is 453. The molecule has 0 radical (unpaired) electrons. The molecule has 0 heterocycles. The molecule has 5 heteroatoms. The van der Waals surface area contributed by atoms with E-state index < -0.39 is 17.9 Å². The lowest BCUT2D eigenvalue weighted by atomic mass is 9.99. The van der Waals surface area contributed by atoms with Gasteiger partial charge in [0.05, 0.1) is 18.6 Å². The van der Waals surface area contributed by atoms with E-state index in [0.717, 1.165) is 0 Å². The number of carboxylic acids is 2. The maximum Gasteiger partial charge on any atom is 0.335 e. The predicted molar refractivity (Wildman–Crippen MR) is 65.1 cm³/mol. The van der Waals surface area contributed by atoms with Crippen LogP contribution in [0.1, 0.15) is 29.3 Å². The number of rotatable bonds is 6. The molecular weight excluding hydrogens is 236 g/mol. The lowest BCUT2D eigenvalue weighted by Crippen LogP contribution is -2.10. The van der Waals surface area contributed by atoms with E-state index in [9.17, 15) is 9.59 Å². The van der Waals surface area contributed by atoms with Crippen molar-refractivity contribution in [1.82, 2.24) is 0 Å². The molecule has 0 aliphatic rings. The number of benzene rings is 1. The van der Waals surface area contributed by atoms with Crippen LogP contribution in [0.5, 0.6) is 5.75 Å². The van der Waals surface area contributed by atoms with Crippen molar-refractivity contribution in [2.24, 2.45) is 5.92 Å². The molecule has 0 bridgehead atoms. The highest BCUT2D eigenvalue weighted by Gasteiger charge is 2.14. The van der Waals surface area contributed by atoms with E-state index in [1.807, 2.05) is 0 Å². The Morgan fingerprint density at radius 3 is 2.50 bits per heavy atom. The molecule has 0 saturated heterocycles. The van der Waals surface area contributed by atoms with Crippen LogP contribution in [0.15, 0.2) is 18.2 Å². The third-order valence-electron chi connectivity index (χ3n) is 2.80. The largest absolute Gasteiger partial charge is 0.496 e. The lowest BCUT2D eigenvalue weighted by Gasteiger charge is -2.11. The number of carboxylic acid groups (broad SMARTS) is 2. The Morgan fingerprint density at radius 2 is 2.00 bits per heavy atom. The van der Waals surface area contributed by atoms with Crippen molar-refractivity contribution in [3.8, 4) is 5.75 Å². The fourth-order valence-corrected chi connectivity index (χ4v) is 1.60. The van der Waals surface area contributed by atoms with Crippen molar-refractivity contribution in [3.63, 3.8) is 0 Å². The molecular formula is C13H16O5. The van der Waals surface area contributed by atoms with Gasteiger partial charge in [0, 0.05) is 0 Å². The molecule has 1 aromatic carbocycles. The molecule has 1 rings (SSSR count). The number of methoxy groups -OCH3 is 1. The number of aryl methyl sites for hydroxylation is 1. The summed E-state index contributed by atoms with van der Waals surface area (Å²) in [5.74, 6) is -1.76. The smallest absolute Gasteiger partial charge is 0.335 e. The van der Waals surface area contributed by atoms with Crippen LogP contribution in [-0.4, -0.2) is 29.3 Å². The number of aliphatic carboxylic acids is 1. The van der Waals surface area contributed by atoms with Gasteiger partial charge in [0.25, 0.3) is 0 Å². The SMILES string of the molecule is COc1ccc(C(=O)O)cc1CCC(C)C(=O)O. The van der Waals surface area contributed by atoms with Crippen molar-refractivity contribution in [3.05, 3.63) is 29.3 Å². The van der Waals surface area contributed by atoms with E-state index in [-0.39, 0.29) is 5.56 Å². The summed E-state index contributed by atoms with van der Waals surface area (Å²) in [4.78, 5) is 21.6. The zero-order valence-corrected chi connectivity index (χ0v) is 10.3. The van der Waals surface area contributed by atoms with E-state index >= 15 is 0 Å². The minimum absolute atomic E-state index is 0.175. The molecule has 1 atom stereocenters. The summed E-state index contributed by atoms with van der Waals surface area (Å²) in [6.07, 6.45) is 0.909. The average Bonchev–Trinajstić information content (AvgIpc) is 2.35. The molecule has 0 aliphatic carbocycles. The summed E-state index contributed by atoms with van der Waals surface area (Å²) >= 11 is 0. The summed E-state index contributed by atoms with van der Waals surface area (Å²) in [6.45, 7) is 1.62. The van der Waals surface area contributed by atoms with Crippen molar-refractivity contribution < 1.29 is 24.5 Å². The van der Waals surface area contributed by atoms with Crippen molar-refractivity contribution in [2.45, 2.75) is 19.8 Å². The van der Waals surface area contributed by atoms with Gasteiger partial charge in [-0.2, -0.15) is 0 Å². The number of hydrogen-bond acceptors (Lipinski definition) is 3. The molecule has 0 aliphatic heterocycles. The lowest BCUT2D eigenvalue weighted by molar-refractivity contribution is -0.141. The standard InChI is InChI=1S/C13H16O5/c1-8(12(14)15)3-4-9-7-10(13(16)17)5-6-11(9)18-2/h5-8H,3-4H2,1-2H3,(H,14,15)(H,16,17). The van der Waals surface area contributed by atoms with Crippen LogP contribution in [0.4, 0.5) is 0 Å². The molecule has 0 spiro atoms. The summed E-state index contributed by atoms with van der Waals surface area (Å²) < 4.78 is 5.13. The van der Waals surface area contributed by atoms with Crippen LogP contribution in [0, 0.1) is 5.92 Å². The Balaban J connectivity index is 2.88. The average molecular weight is 252 g/mol. The molecule has 5 nitrogen and oxygen atoms in total. The van der Waals surface area contributed by atoms with Crippen LogP contribution in [0.2, 0.25) is 0 Å². The maximum absolute atomic E-state index is 10.9. The molecule has 98 valence electrons. The molecule has 0 aromatic heterocycles. The van der Waals surface area contributed by atoms with Gasteiger partial charge in [0.15, 0.2) is 0 Å². The van der Waals surface area contributed by atoms with Gasteiger partial charge in [0.2, 0.25) is 0 Å². The Kier molecular flexibility index (Phi) is 4.71. The molecule has 18 heavy (non-hydrogen) atoms. The highest BCUT2D eigenvalue weighted by Crippen LogP contribution is 2.23. The third kappa shape index (κ3) is 3.48. The quantitative estimate of drug-likeness (QED) is 0.809. The molecule has 2 N–H and O–H groups in total. The number of aromatic carboxylic acids is 1. The summed E-state index contributed by atoms with van der Waals surface area (Å²) in [7, 11) is 1.50. The fraction of sp³-hybridized carbons (Fsp3) is 0.385. The highest BCUT2D eigenvalue weighted by atomic mass is 16.5. The normalized spacial score (nSPS) is 11.9. The zero-order chi connectivity index (χ0) is 13.7. The fourth-order valence-electron chi connectivity index (χ4n) is 1.60. The van der Waals surface area contributed by atoms with Crippen LogP contribution in [0.25, 0.3) is 0 Å². The van der Waals surface area contributed by atoms with Gasteiger partial charge in [-0.05, 0) is 36.6 Å². The van der Waals surface area contributed by atoms with Gasteiger partial charge in [0.1, 0.15) is 5.75 Å². The second kappa shape index (κ2) is 6.05. The van der Waals surface area contributed by atoms with Crippen LogP contribution in [0.3, 0.4) is 0 Å². The molecule has 0 amide bonds. The van der Waals surface area contributed by atoms with Gasteiger partial charge in [-0.15, -0.1) is 0 Å². The van der Waals surface area contributed by atoms with E-state index in [2.05, 4.69) is 0 Å². The van der Waals surface area contributed by atoms with Crippen molar-refractivity contribution in [2.75, 3.05) is 7.11 Å². The first-order valence-electron chi connectivity index (χ1n) is 5.58. The van der Waals surface area contributed by atoms with E-state index in [1.165, 1.54) is 19.2 Å². The number of carbonyl (C=O) groups is 2. The summed E-state index contributed by atoms with van der Waals surface area (Å²) in [6, 6.07) is 4.57. The van der Waals surface area contributed by atoms with Crippen LogP contribution in [-0.2, 0) is 11.2 Å².